The lowest BCUT2D eigenvalue weighted by Crippen LogP contribution is -2.53. The van der Waals surface area contributed by atoms with Gasteiger partial charge in [-0.15, -0.1) is 0 Å². The third kappa shape index (κ3) is 3.13. The molecular formula is C16H22N2O4. The van der Waals surface area contributed by atoms with Crippen molar-refractivity contribution in [3.63, 3.8) is 0 Å². The number of hydrogen-bond donors (Lipinski definition) is 1. The molecule has 0 aliphatic carbocycles. The minimum atomic E-state index is -0.887. The van der Waals surface area contributed by atoms with E-state index in [1.165, 1.54) is 14.2 Å². The number of ether oxygens (including phenoxy) is 2. The number of carbonyl (C=O) groups is 2. The van der Waals surface area contributed by atoms with Crippen molar-refractivity contribution >= 4 is 11.9 Å². The first kappa shape index (κ1) is 16.5. The van der Waals surface area contributed by atoms with Gasteiger partial charge in [0.1, 0.15) is 11.6 Å². The van der Waals surface area contributed by atoms with Crippen LogP contribution in [0.5, 0.6) is 0 Å². The Morgan fingerprint density at radius 2 is 1.95 bits per heavy atom. The molecule has 1 aliphatic heterocycles. The van der Waals surface area contributed by atoms with E-state index in [1.807, 2.05) is 35.2 Å². The van der Waals surface area contributed by atoms with Gasteiger partial charge in [-0.2, -0.15) is 0 Å². The number of carbonyl (C=O) groups excluding carboxylic acids is 2. The van der Waals surface area contributed by atoms with Crippen molar-refractivity contribution in [2.24, 2.45) is 0 Å². The predicted molar refractivity (Wildman–Crippen MR) is 81.1 cm³/mol. The van der Waals surface area contributed by atoms with Gasteiger partial charge < -0.3 is 14.8 Å². The Morgan fingerprint density at radius 1 is 1.27 bits per heavy atom. The van der Waals surface area contributed by atoms with Crippen molar-refractivity contribution < 1.29 is 19.1 Å². The molecule has 1 N–H and O–H groups in total. The Labute approximate surface area is 130 Å². The van der Waals surface area contributed by atoms with Crippen LogP contribution in [0.2, 0.25) is 0 Å². The number of esters is 2. The minimum Gasteiger partial charge on any atom is -0.468 e. The maximum atomic E-state index is 12.2. The summed E-state index contributed by atoms with van der Waals surface area (Å²) in [6, 6.07) is 9.35. The monoisotopic (exact) mass is 306 g/mol. The molecule has 0 amide bonds. The molecule has 22 heavy (non-hydrogen) atoms. The third-order valence-corrected chi connectivity index (χ3v) is 4.21. The molecule has 0 spiro atoms. The number of rotatable bonds is 5. The molecule has 1 saturated heterocycles. The first-order valence-electron chi connectivity index (χ1n) is 7.19. The number of methoxy groups -OCH3 is 2. The fourth-order valence-electron chi connectivity index (χ4n) is 2.96. The SMILES string of the molecule is CN[C@@]1(C(=O)OC)C[C@@H](C(=O)OC)N(Cc2ccccc2)C1. The van der Waals surface area contributed by atoms with E-state index in [-0.39, 0.29) is 11.9 Å². The fraction of sp³-hybridized carbons (Fsp3) is 0.500. The number of benzene rings is 1. The van der Waals surface area contributed by atoms with Gasteiger partial charge in [0, 0.05) is 19.5 Å². The highest BCUT2D eigenvalue weighted by Crippen LogP contribution is 2.30. The Hall–Kier alpha value is -1.92. The van der Waals surface area contributed by atoms with Crippen LogP contribution in [0.25, 0.3) is 0 Å². The molecule has 0 radical (unpaired) electrons. The summed E-state index contributed by atoms with van der Waals surface area (Å²) in [7, 11) is 4.42. The zero-order chi connectivity index (χ0) is 16.2. The predicted octanol–water partition coefficient (Wildman–Crippen LogP) is 0.565. The molecule has 0 bridgehead atoms. The summed E-state index contributed by atoms with van der Waals surface area (Å²) in [5.41, 5.74) is 0.190. The van der Waals surface area contributed by atoms with E-state index < -0.39 is 11.6 Å². The van der Waals surface area contributed by atoms with E-state index in [0.717, 1.165) is 5.56 Å². The zero-order valence-electron chi connectivity index (χ0n) is 13.2. The van der Waals surface area contributed by atoms with Crippen LogP contribution in [-0.2, 0) is 25.6 Å². The third-order valence-electron chi connectivity index (χ3n) is 4.21. The zero-order valence-corrected chi connectivity index (χ0v) is 13.2. The van der Waals surface area contributed by atoms with Gasteiger partial charge in [0.2, 0.25) is 0 Å². The Morgan fingerprint density at radius 3 is 2.50 bits per heavy atom. The first-order chi connectivity index (χ1) is 10.6. The van der Waals surface area contributed by atoms with Gasteiger partial charge in [-0.25, -0.2) is 0 Å². The van der Waals surface area contributed by atoms with Gasteiger partial charge in [0.25, 0.3) is 0 Å². The summed E-state index contributed by atoms with van der Waals surface area (Å²) >= 11 is 0. The molecule has 6 heteroatoms. The number of hydrogen-bond acceptors (Lipinski definition) is 6. The summed E-state index contributed by atoms with van der Waals surface area (Å²) in [5, 5.41) is 3.03. The Kier molecular flexibility index (Phi) is 5.15. The first-order valence-corrected chi connectivity index (χ1v) is 7.19. The number of nitrogens with one attached hydrogen (secondary N) is 1. The van der Waals surface area contributed by atoms with Crippen LogP contribution in [0.4, 0.5) is 0 Å². The Bertz CT molecular complexity index is 534. The summed E-state index contributed by atoms with van der Waals surface area (Å²) in [4.78, 5) is 26.2. The molecule has 1 fully saturated rings. The normalized spacial score (nSPS) is 25.0. The maximum absolute atomic E-state index is 12.2. The molecule has 1 aromatic carbocycles. The molecular weight excluding hydrogens is 284 g/mol. The van der Waals surface area contributed by atoms with Gasteiger partial charge in [-0.3, -0.25) is 14.5 Å². The van der Waals surface area contributed by atoms with Crippen molar-refractivity contribution in [2.75, 3.05) is 27.8 Å². The molecule has 0 unspecified atom stereocenters. The van der Waals surface area contributed by atoms with Crippen LogP contribution >= 0.6 is 0 Å². The number of nitrogens with zero attached hydrogens (tertiary/aromatic N) is 1. The lowest BCUT2D eigenvalue weighted by molar-refractivity contribution is -0.148. The quantitative estimate of drug-likeness (QED) is 0.802. The van der Waals surface area contributed by atoms with Gasteiger partial charge in [0.15, 0.2) is 0 Å². The van der Waals surface area contributed by atoms with Crippen molar-refractivity contribution in [2.45, 2.75) is 24.5 Å². The molecule has 0 aromatic heterocycles. The molecule has 0 saturated carbocycles. The average molecular weight is 306 g/mol. The lowest BCUT2D eigenvalue weighted by Gasteiger charge is -2.25. The summed E-state index contributed by atoms with van der Waals surface area (Å²) in [6.45, 7) is 0.964. The van der Waals surface area contributed by atoms with Crippen LogP contribution in [0.1, 0.15) is 12.0 Å². The molecule has 2 atom stereocenters. The van der Waals surface area contributed by atoms with Crippen LogP contribution in [-0.4, -0.2) is 56.2 Å². The van der Waals surface area contributed by atoms with Gasteiger partial charge >= 0.3 is 11.9 Å². The highest BCUT2D eigenvalue weighted by molar-refractivity contribution is 5.85. The Balaban J connectivity index is 2.25. The van der Waals surface area contributed by atoms with Crippen LogP contribution in [0, 0.1) is 0 Å². The van der Waals surface area contributed by atoms with E-state index in [0.29, 0.717) is 19.5 Å². The molecule has 120 valence electrons. The van der Waals surface area contributed by atoms with Crippen LogP contribution < -0.4 is 5.32 Å². The van der Waals surface area contributed by atoms with E-state index in [9.17, 15) is 9.59 Å². The van der Waals surface area contributed by atoms with Crippen LogP contribution in [0.3, 0.4) is 0 Å². The van der Waals surface area contributed by atoms with E-state index in [2.05, 4.69) is 5.32 Å². The number of likely N-dealkylation sites (tertiary alicyclic amines) is 1. The van der Waals surface area contributed by atoms with E-state index in [4.69, 9.17) is 9.47 Å². The molecule has 1 aliphatic rings. The summed E-state index contributed by atoms with van der Waals surface area (Å²) in [5.74, 6) is -0.698. The molecule has 2 rings (SSSR count). The van der Waals surface area contributed by atoms with Crippen molar-refractivity contribution in [1.82, 2.24) is 10.2 Å². The molecule has 6 nitrogen and oxygen atoms in total. The highest BCUT2D eigenvalue weighted by Gasteiger charge is 2.51. The van der Waals surface area contributed by atoms with Crippen LogP contribution in [0.15, 0.2) is 30.3 Å². The smallest absolute Gasteiger partial charge is 0.327 e. The maximum Gasteiger partial charge on any atom is 0.327 e. The topological polar surface area (TPSA) is 67.9 Å². The molecule has 1 aromatic rings. The lowest BCUT2D eigenvalue weighted by atomic mass is 9.96. The van der Waals surface area contributed by atoms with E-state index >= 15 is 0 Å². The molecule has 1 heterocycles. The second-order valence-electron chi connectivity index (χ2n) is 5.46. The van der Waals surface area contributed by atoms with Gasteiger partial charge in [-0.1, -0.05) is 30.3 Å². The van der Waals surface area contributed by atoms with E-state index in [1.54, 1.807) is 7.05 Å². The second-order valence-corrected chi connectivity index (χ2v) is 5.46. The fourth-order valence-corrected chi connectivity index (χ4v) is 2.96. The number of likely N-dealkylation sites (N-methyl/N-ethyl adjacent to an activating group) is 1. The van der Waals surface area contributed by atoms with Crippen molar-refractivity contribution in [3.8, 4) is 0 Å². The minimum absolute atomic E-state index is 0.329. The summed E-state index contributed by atoms with van der Waals surface area (Å²) in [6.07, 6.45) is 0.329. The van der Waals surface area contributed by atoms with Crippen molar-refractivity contribution in [3.05, 3.63) is 35.9 Å². The second kappa shape index (κ2) is 6.89. The average Bonchev–Trinajstić information content (AvgIpc) is 2.94. The van der Waals surface area contributed by atoms with Gasteiger partial charge in [-0.05, 0) is 12.6 Å². The van der Waals surface area contributed by atoms with Gasteiger partial charge in [0.05, 0.1) is 14.2 Å². The summed E-state index contributed by atoms with van der Waals surface area (Å²) < 4.78 is 9.80. The van der Waals surface area contributed by atoms with Crippen molar-refractivity contribution in [1.29, 1.82) is 0 Å². The highest BCUT2D eigenvalue weighted by atomic mass is 16.5. The standard InChI is InChI=1S/C16H22N2O4/c1-17-16(15(20)22-3)9-13(14(19)21-2)18(11-16)10-12-7-5-4-6-8-12/h4-8,13,17H,9-11H2,1-3H3/t13-,16-/m0/s1. The largest absolute Gasteiger partial charge is 0.468 e.